The van der Waals surface area contributed by atoms with Crippen molar-refractivity contribution in [3.63, 3.8) is 0 Å². The standard InChI is InChI=1S/C17H27N5O/c1-13(2)15-11-16(19-12-18-15)20-14-5-9-22(10-6-14)17(23)21-7-3-4-8-21/h11-14H,3-10H2,1-2H3,(H,18,19,20). The molecular weight excluding hydrogens is 290 g/mol. The van der Waals surface area contributed by atoms with Gasteiger partial charge in [0.05, 0.1) is 0 Å². The van der Waals surface area contributed by atoms with Crippen LogP contribution < -0.4 is 5.32 Å². The topological polar surface area (TPSA) is 61.4 Å². The molecule has 1 aromatic rings. The van der Waals surface area contributed by atoms with Crippen molar-refractivity contribution in [2.24, 2.45) is 0 Å². The Morgan fingerprint density at radius 2 is 1.78 bits per heavy atom. The summed E-state index contributed by atoms with van der Waals surface area (Å²) in [6.45, 7) is 7.78. The number of nitrogens with one attached hydrogen (secondary N) is 1. The maximum atomic E-state index is 12.4. The van der Waals surface area contributed by atoms with Crippen molar-refractivity contribution in [3.05, 3.63) is 18.1 Å². The molecule has 6 heteroatoms. The van der Waals surface area contributed by atoms with Crippen LogP contribution in [0.5, 0.6) is 0 Å². The molecule has 0 unspecified atom stereocenters. The summed E-state index contributed by atoms with van der Waals surface area (Å²) in [6, 6.07) is 2.64. The number of piperidine rings is 1. The Kier molecular flexibility index (Phi) is 4.98. The Labute approximate surface area is 138 Å². The van der Waals surface area contributed by atoms with Gasteiger partial charge in [0.1, 0.15) is 12.1 Å². The first-order valence-corrected chi connectivity index (χ1v) is 8.76. The molecule has 2 amide bonds. The Hall–Kier alpha value is -1.85. The van der Waals surface area contributed by atoms with E-state index in [1.54, 1.807) is 6.33 Å². The summed E-state index contributed by atoms with van der Waals surface area (Å²) in [6.07, 6.45) is 5.87. The molecule has 2 aliphatic heterocycles. The van der Waals surface area contributed by atoms with Crippen LogP contribution in [0.4, 0.5) is 10.6 Å². The van der Waals surface area contributed by atoms with Gasteiger partial charge in [0, 0.05) is 44.0 Å². The SMILES string of the molecule is CC(C)c1cc(NC2CCN(C(=O)N3CCCC3)CC2)ncn1. The van der Waals surface area contributed by atoms with E-state index in [-0.39, 0.29) is 6.03 Å². The molecule has 0 saturated carbocycles. The van der Waals surface area contributed by atoms with Gasteiger partial charge in [-0.05, 0) is 31.6 Å². The third-order valence-electron chi connectivity index (χ3n) is 4.77. The summed E-state index contributed by atoms with van der Waals surface area (Å²) in [7, 11) is 0. The van der Waals surface area contributed by atoms with Gasteiger partial charge < -0.3 is 15.1 Å². The molecule has 1 N–H and O–H groups in total. The molecule has 0 aromatic carbocycles. The number of carbonyl (C=O) groups is 1. The van der Waals surface area contributed by atoms with Crippen LogP contribution in [0.2, 0.25) is 0 Å². The Morgan fingerprint density at radius 1 is 1.13 bits per heavy atom. The van der Waals surface area contributed by atoms with Gasteiger partial charge in [-0.15, -0.1) is 0 Å². The minimum atomic E-state index is 0.227. The summed E-state index contributed by atoms with van der Waals surface area (Å²) < 4.78 is 0. The van der Waals surface area contributed by atoms with Gasteiger partial charge in [-0.25, -0.2) is 14.8 Å². The first kappa shape index (κ1) is 16.0. The number of carbonyl (C=O) groups excluding carboxylic acids is 1. The fraction of sp³-hybridized carbons (Fsp3) is 0.706. The molecule has 2 aliphatic rings. The first-order chi connectivity index (χ1) is 11.1. The predicted molar refractivity (Wildman–Crippen MR) is 90.5 cm³/mol. The van der Waals surface area contributed by atoms with E-state index in [4.69, 9.17) is 0 Å². The van der Waals surface area contributed by atoms with Crippen LogP contribution >= 0.6 is 0 Å². The number of rotatable bonds is 3. The fourth-order valence-corrected chi connectivity index (χ4v) is 3.30. The van der Waals surface area contributed by atoms with E-state index in [2.05, 4.69) is 29.1 Å². The highest BCUT2D eigenvalue weighted by atomic mass is 16.2. The second-order valence-electron chi connectivity index (χ2n) is 6.87. The largest absolute Gasteiger partial charge is 0.367 e. The Bertz CT molecular complexity index is 534. The number of hydrogen-bond donors (Lipinski definition) is 1. The third-order valence-corrected chi connectivity index (χ3v) is 4.77. The molecule has 2 fully saturated rings. The molecule has 3 heterocycles. The monoisotopic (exact) mass is 317 g/mol. The van der Waals surface area contributed by atoms with Crippen molar-refractivity contribution in [2.45, 2.75) is 51.5 Å². The van der Waals surface area contributed by atoms with Gasteiger partial charge in [-0.3, -0.25) is 0 Å². The molecule has 3 rings (SSSR count). The number of hydrogen-bond acceptors (Lipinski definition) is 4. The summed E-state index contributed by atoms with van der Waals surface area (Å²) in [5.41, 5.74) is 1.06. The molecular formula is C17H27N5O. The normalized spacial score (nSPS) is 19.4. The lowest BCUT2D eigenvalue weighted by atomic mass is 10.1. The van der Waals surface area contributed by atoms with E-state index in [1.807, 2.05) is 15.9 Å². The van der Waals surface area contributed by atoms with E-state index < -0.39 is 0 Å². The lowest BCUT2D eigenvalue weighted by Gasteiger charge is -2.35. The van der Waals surface area contributed by atoms with Crippen molar-refractivity contribution in [1.29, 1.82) is 0 Å². The van der Waals surface area contributed by atoms with E-state index in [9.17, 15) is 4.79 Å². The van der Waals surface area contributed by atoms with Gasteiger partial charge in [-0.1, -0.05) is 13.8 Å². The Morgan fingerprint density at radius 3 is 2.43 bits per heavy atom. The highest BCUT2D eigenvalue weighted by Gasteiger charge is 2.27. The summed E-state index contributed by atoms with van der Waals surface area (Å²) in [5.74, 6) is 1.30. The molecule has 0 radical (unpaired) electrons. The third kappa shape index (κ3) is 3.92. The number of nitrogens with zero attached hydrogens (tertiary/aromatic N) is 4. The van der Waals surface area contributed by atoms with Crippen molar-refractivity contribution >= 4 is 11.8 Å². The molecule has 126 valence electrons. The molecule has 0 aliphatic carbocycles. The maximum absolute atomic E-state index is 12.4. The lowest BCUT2D eigenvalue weighted by Crippen LogP contribution is -2.47. The molecule has 6 nitrogen and oxygen atoms in total. The van der Waals surface area contributed by atoms with E-state index in [1.165, 1.54) is 0 Å². The van der Waals surface area contributed by atoms with Crippen LogP contribution in [0.3, 0.4) is 0 Å². The first-order valence-electron chi connectivity index (χ1n) is 8.76. The van der Waals surface area contributed by atoms with Gasteiger partial charge >= 0.3 is 6.03 Å². The van der Waals surface area contributed by atoms with Crippen molar-refractivity contribution < 1.29 is 4.79 Å². The number of aromatic nitrogens is 2. The van der Waals surface area contributed by atoms with Crippen molar-refractivity contribution in [3.8, 4) is 0 Å². The average molecular weight is 317 g/mol. The number of anilines is 1. The molecule has 1 aromatic heterocycles. The smallest absolute Gasteiger partial charge is 0.319 e. The number of likely N-dealkylation sites (tertiary alicyclic amines) is 2. The average Bonchev–Trinajstić information content (AvgIpc) is 3.09. The van der Waals surface area contributed by atoms with E-state index in [0.29, 0.717) is 12.0 Å². The van der Waals surface area contributed by atoms with Crippen LogP contribution in [-0.2, 0) is 0 Å². The van der Waals surface area contributed by atoms with Gasteiger partial charge in [0.2, 0.25) is 0 Å². The predicted octanol–water partition coefficient (Wildman–Crippen LogP) is 2.69. The quantitative estimate of drug-likeness (QED) is 0.931. The zero-order chi connectivity index (χ0) is 16.2. The maximum Gasteiger partial charge on any atom is 0.319 e. The van der Waals surface area contributed by atoms with Crippen LogP contribution in [-0.4, -0.2) is 58.0 Å². The fourth-order valence-electron chi connectivity index (χ4n) is 3.30. The van der Waals surface area contributed by atoms with E-state index >= 15 is 0 Å². The van der Waals surface area contributed by atoms with Crippen molar-refractivity contribution in [1.82, 2.24) is 19.8 Å². The highest BCUT2D eigenvalue weighted by Crippen LogP contribution is 2.20. The molecule has 0 bridgehead atoms. The van der Waals surface area contributed by atoms with Crippen LogP contribution in [0.15, 0.2) is 12.4 Å². The summed E-state index contributed by atoms with van der Waals surface area (Å²) in [4.78, 5) is 25.0. The molecule has 23 heavy (non-hydrogen) atoms. The number of urea groups is 1. The summed E-state index contributed by atoms with van der Waals surface area (Å²) in [5, 5.41) is 3.50. The zero-order valence-electron chi connectivity index (χ0n) is 14.2. The molecule has 0 atom stereocenters. The second-order valence-corrected chi connectivity index (χ2v) is 6.87. The van der Waals surface area contributed by atoms with Gasteiger partial charge in [0.15, 0.2) is 0 Å². The van der Waals surface area contributed by atoms with Crippen LogP contribution in [0, 0.1) is 0 Å². The van der Waals surface area contributed by atoms with Gasteiger partial charge in [0.25, 0.3) is 0 Å². The zero-order valence-corrected chi connectivity index (χ0v) is 14.2. The van der Waals surface area contributed by atoms with Gasteiger partial charge in [-0.2, -0.15) is 0 Å². The number of amides is 2. The van der Waals surface area contributed by atoms with Crippen molar-refractivity contribution in [2.75, 3.05) is 31.5 Å². The second kappa shape index (κ2) is 7.15. The lowest BCUT2D eigenvalue weighted by molar-refractivity contribution is 0.150. The van der Waals surface area contributed by atoms with Crippen LogP contribution in [0.25, 0.3) is 0 Å². The summed E-state index contributed by atoms with van der Waals surface area (Å²) >= 11 is 0. The highest BCUT2D eigenvalue weighted by molar-refractivity contribution is 5.74. The Balaban J connectivity index is 1.51. The molecule has 0 spiro atoms. The molecule has 2 saturated heterocycles. The van der Waals surface area contributed by atoms with E-state index in [0.717, 1.165) is 63.4 Å². The minimum absolute atomic E-state index is 0.227. The van der Waals surface area contributed by atoms with Crippen LogP contribution in [0.1, 0.15) is 51.1 Å². The minimum Gasteiger partial charge on any atom is -0.367 e.